The van der Waals surface area contributed by atoms with Gasteiger partial charge in [0.1, 0.15) is 22.9 Å². The number of carbonyl (C=O) groups excluding carboxylic acids is 1. The number of anilines is 1. The van der Waals surface area contributed by atoms with E-state index in [0.717, 1.165) is 33.1 Å². The molecule has 316 valence electrons. The molecule has 0 saturated heterocycles. The molecule has 2 aromatic heterocycles. The van der Waals surface area contributed by atoms with Gasteiger partial charge in [0.25, 0.3) is 25.2 Å². The fourth-order valence-electron chi connectivity index (χ4n) is 5.05. The number of halogens is 8. The molecule has 31 heteroatoms. The first kappa shape index (κ1) is 47.9. The quantitative estimate of drug-likeness (QED) is 0.0737. The van der Waals surface area contributed by atoms with E-state index in [0.29, 0.717) is 61.0 Å². The number of nitro groups is 3. The lowest BCUT2D eigenvalue weighted by Crippen LogP contribution is -2.33. The van der Waals surface area contributed by atoms with Crippen LogP contribution in [0.4, 0.5) is 53.9 Å². The van der Waals surface area contributed by atoms with Crippen LogP contribution >= 0.6 is 115 Å². The maximum atomic E-state index is 13.6. The molecule has 3 heterocycles. The van der Waals surface area contributed by atoms with Crippen LogP contribution in [0.2, 0.25) is 10.0 Å². The molecule has 0 spiro atoms. The monoisotopic (exact) mass is 1020 g/mol. The number of thioether (sulfide) groups is 1. The molecule has 5 aromatic rings. The molecular formula is C28H16Cl2F6N6O9S8. The Balaban J connectivity index is 0.000000204. The highest BCUT2D eigenvalue weighted by Crippen LogP contribution is 2.73. The second-order valence-electron chi connectivity index (χ2n) is 11.2. The normalized spacial score (nSPS) is 13.8. The molecule has 1 aliphatic rings. The number of hydrogen-bond acceptors (Lipinski definition) is 17. The number of carbonyl (C=O) groups is 1. The van der Waals surface area contributed by atoms with Gasteiger partial charge in [0, 0.05) is 32.3 Å². The minimum atomic E-state index is -4.94. The number of nitrogens with zero attached hydrogens (tertiary/aromatic N) is 4. The van der Waals surface area contributed by atoms with Crippen molar-refractivity contribution in [3.8, 4) is 0 Å². The first-order valence-electron chi connectivity index (χ1n) is 14.6. The third-order valence-corrected chi connectivity index (χ3v) is 19.0. The van der Waals surface area contributed by atoms with Gasteiger partial charge in [0.15, 0.2) is 0 Å². The highest BCUT2D eigenvalue weighted by Gasteiger charge is 2.55. The molecule has 0 atom stereocenters. The Morgan fingerprint density at radius 2 is 1.14 bits per heavy atom. The lowest BCUT2D eigenvalue weighted by atomic mass is 10.1. The second-order valence-corrected chi connectivity index (χ2v) is 22.0. The fraction of sp³-hybridized carbons (Fsp3) is 0.179. The average Bonchev–Trinajstić information content (AvgIpc) is 3.77. The van der Waals surface area contributed by atoms with Gasteiger partial charge in [-0.25, -0.2) is 0 Å². The van der Waals surface area contributed by atoms with Crippen molar-refractivity contribution in [2.45, 2.75) is 29.1 Å². The van der Waals surface area contributed by atoms with Crippen LogP contribution in [0.25, 0.3) is 18.8 Å². The fourth-order valence-corrected chi connectivity index (χ4v) is 16.7. The van der Waals surface area contributed by atoms with Crippen LogP contribution < -0.4 is 24.5 Å². The highest BCUT2D eigenvalue weighted by molar-refractivity contribution is 8.78. The van der Waals surface area contributed by atoms with Gasteiger partial charge < -0.3 is 16.4 Å². The molecule has 59 heavy (non-hydrogen) atoms. The number of non-ortho nitro benzene ring substituents is 2. The number of aryl methyl sites for hydroxylation is 1. The molecular weight excluding hydrogens is 1010 g/mol. The van der Waals surface area contributed by atoms with E-state index in [1.54, 1.807) is 6.92 Å². The van der Waals surface area contributed by atoms with Gasteiger partial charge in [-0.05, 0) is 34.3 Å². The smallest absolute Gasteiger partial charge is 0.385 e. The van der Waals surface area contributed by atoms with Crippen LogP contribution in [0, 0.1) is 37.3 Å². The third-order valence-electron chi connectivity index (χ3n) is 7.48. The summed E-state index contributed by atoms with van der Waals surface area (Å²) in [6.07, 6.45) is -9.75. The standard InChI is InChI=1S/C12H11F3N4O3S4.C8HClF3NO3S2.C8H4ClNO3S2/c1-18(2)6-4(12(13,14)15)3-5(19(21)22)7-8(6)26(9(16)23,10(17)24)11(20)25-7;9-4-2(8(10,11)12)1-3(13(15)16)5-6(4)18-7(14)17-5;1-3-4(9)2-5(10(12)13)7-6(3)14-8(11)15-7/h3H,1-2H3,(H2,16,23)(H2,17,24);1H;2H,1H3. The predicted molar refractivity (Wildman–Crippen MR) is 228 cm³/mol. The highest BCUT2D eigenvalue weighted by atomic mass is 35.5. The summed E-state index contributed by atoms with van der Waals surface area (Å²) >= 11 is 24.5. The van der Waals surface area contributed by atoms with Crippen molar-refractivity contribution in [3.63, 3.8) is 0 Å². The molecule has 4 N–H and O–H groups in total. The Morgan fingerprint density at radius 1 is 0.729 bits per heavy atom. The summed E-state index contributed by atoms with van der Waals surface area (Å²) in [7, 11) is -0.752. The van der Waals surface area contributed by atoms with E-state index in [4.69, 9.17) is 59.1 Å². The molecule has 0 saturated carbocycles. The minimum absolute atomic E-state index is 0.0936. The van der Waals surface area contributed by atoms with E-state index in [1.165, 1.54) is 20.2 Å². The van der Waals surface area contributed by atoms with Crippen LogP contribution in [0.1, 0.15) is 16.7 Å². The summed E-state index contributed by atoms with van der Waals surface area (Å²) in [6.45, 7) is 1.75. The Kier molecular flexibility index (Phi) is 14.0. The maximum absolute atomic E-state index is 13.6. The topological polar surface area (TPSA) is 236 Å². The van der Waals surface area contributed by atoms with Crippen molar-refractivity contribution in [3.05, 3.63) is 93.0 Å². The summed E-state index contributed by atoms with van der Waals surface area (Å²) in [5.74, 6) is 0. The number of alkyl halides is 6. The lowest BCUT2D eigenvalue weighted by Gasteiger charge is -2.34. The molecule has 0 radical (unpaired) electrons. The molecule has 0 bridgehead atoms. The Labute approximate surface area is 365 Å². The van der Waals surface area contributed by atoms with Crippen molar-refractivity contribution < 1.29 is 45.9 Å². The Morgan fingerprint density at radius 3 is 1.56 bits per heavy atom. The van der Waals surface area contributed by atoms with Crippen molar-refractivity contribution in [1.29, 1.82) is 0 Å². The summed E-state index contributed by atoms with van der Waals surface area (Å²) in [5, 5.41) is 32.5. The SMILES string of the molecule is CN(C)c1c(C(F)(F)F)cc([N+](=O)[O-])c2c1S(C(N)=S)(C(N)=S)C(=O)S2.Cc1c(Cl)cc([N+](=O)[O-])c2sc(=O)sc12.O=c1sc2c([N+](=O)[O-])cc(C(F)(F)F)c(Cl)c2s1. The van der Waals surface area contributed by atoms with Crippen molar-refractivity contribution in [1.82, 2.24) is 0 Å². The molecule has 0 unspecified atom stereocenters. The van der Waals surface area contributed by atoms with E-state index in [1.807, 2.05) is 0 Å². The van der Waals surface area contributed by atoms with E-state index >= 15 is 0 Å². The minimum Gasteiger partial charge on any atom is -0.385 e. The summed E-state index contributed by atoms with van der Waals surface area (Å²) in [6, 6.07) is 2.04. The van der Waals surface area contributed by atoms with Gasteiger partial charge in [-0.2, -0.15) is 26.3 Å². The number of nitro benzene ring substituents is 3. The maximum Gasteiger partial charge on any atom is 0.418 e. The van der Waals surface area contributed by atoms with Gasteiger partial charge in [-0.15, -0.1) is 0 Å². The Bertz CT molecular complexity index is 2780. The van der Waals surface area contributed by atoms with Crippen LogP contribution in [0.15, 0.2) is 37.6 Å². The zero-order valence-electron chi connectivity index (χ0n) is 28.6. The summed E-state index contributed by atoms with van der Waals surface area (Å²) in [4.78, 5) is 65.9. The first-order valence-corrected chi connectivity index (χ1v) is 21.9. The van der Waals surface area contributed by atoms with Gasteiger partial charge in [0.05, 0.1) is 55.9 Å². The number of fused-ring (bicyclic) bond motifs is 3. The molecule has 6 rings (SSSR count). The van der Waals surface area contributed by atoms with Gasteiger partial charge in [-0.1, -0.05) is 93.0 Å². The van der Waals surface area contributed by atoms with Crippen LogP contribution in [-0.2, 0) is 12.4 Å². The van der Waals surface area contributed by atoms with Crippen LogP contribution in [-0.4, -0.2) is 42.0 Å². The number of hydrogen-bond donors (Lipinski definition) is 2. The van der Waals surface area contributed by atoms with Crippen molar-refractivity contribution in [2.24, 2.45) is 11.5 Å². The molecule has 0 aliphatic carbocycles. The summed E-state index contributed by atoms with van der Waals surface area (Å²) < 4.78 is 77.0. The largest absolute Gasteiger partial charge is 0.418 e. The number of nitrogens with two attached hydrogens (primary N) is 2. The average molecular weight is 1020 g/mol. The van der Waals surface area contributed by atoms with Crippen LogP contribution in [0.3, 0.4) is 0 Å². The second kappa shape index (κ2) is 17.3. The zero-order chi connectivity index (χ0) is 45.0. The number of thiocarbonyl (C=S) groups is 2. The van der Waals surface area contributed by atoms with Crippen molar-refractivity contribution in [2.75, 3.05) is 19.0 Å². The van der Waals surface area contributed by atoms with Gasteiger partial charge in [-0.3, -0.25) is 44.7 Å². The van der Waals surface area contributed by atoms with Crippen LogP contribution in [0.5, 0.6) is 0 Å². The van der Waals surface area contributed by atoms with E-state index in [2.05, 4.69) is 0 Å². The predicted octanol–water partition coefficient (Wildman–Crippen LogP) is 10.7. The molecule has 1 aliphatic heterocycles. The van der Waals surface area contributed by atoms with Gasteiger partial charge in [0.2, 0.25) is 4.45 Å². The number of rotatable bonds is 4. The number of benzene rings is 3. The van der Waals surface area contributed by atoms with E-state index in [-0.39, 0.29) is 28.9 Å². The lowest BCUT2D eigenvalue weighted by molar-refractivity contribution is -0.388. The third kappa shape index (κ3) is 8.98. The zero-order valence-corrected chi connectivity index (χ0v) is 36.7. The molecule has 0 fully saturated rings. The van der Waals surface area contributed by atoms with E-state index in [9.17, 15) is 71.1 Å². The molecule has 0 amide bonds. The Hall–Kier alpha value is -3.81. The molecule has 15 nitrogen and oxygen atoms in total. The summed E-state index contributed by atoms with van der Waals surface area (Å²) in [5.41, 5.74) is 7.30. The van der Waals surface area contributed by atoms with Crippen molar-refractivity contribution >= 4 is 169 Å². The first-order chi connectivity index (χ1) is 27.0. The molecule has 3 aromatic carbocycles. The van der Waals surface area contributed by atoms with E-state index < -0.39 is 87.5 Å². The van der Waals surface area contributed by atoms with Gasteiger partial charge >= 0.3 is 12.4 Å².